The van der Waals surface area contributed by atoms with Gasteiger partial charge in [0.25, 0.3) is 5.91 Å². The summed E-state index contributed by atoms with van der Waals surface area (Å²) in [5.74, 6) is 1.47. The number of benzene rings is 3. The first-order chi connectivity index (χ1) is 16.3. The molecule has 1 fully saturated rings. The number of carbonyl (C=O) groups is 1. The van der Waals surface area contributed by atoms with E-state index < -0.39 is 0 Å². The van der Waals surface area contributed by atoms with Crippen molar-refractivity contribution < 1.29 is 14.3 Å². The number of amides is 1. The number of piperazine rings is 1. The minimum Gasteiger partial charge on any atom is -0.454 e. The molecule has 6 rings (SSSR count). The molecular weight excluding hydrogens is 414 g/mol. The van der Waals surface area contributed by atoms with Gasteiger partial charge in [0.15, 0.2) is 11.5 Å². The van der Waals surface area contributed by atoms with Crippen LogP contribution in [0.1, 0.15) is 10.4 Å². The molecule has 6 heteroatoms. The van der Waals surface area contributed by atoms with Gasteiger partial charge in [0.2, 0.25) is 6.79 Å². The molecule has 0 spiro atoms. The fourth-order valence-corrected chi connectivity index (χ4v) is 4.53. The number of hydrogen-bond donors (Lipinski definition) is 0. The van der Waals surface area contributed by atoms with Crippen LogP contribution in [0.25, 0.3) is 22.2 Å². The van der Waals surface area contributed by atoms with Gasteiger partial charge in [0.05, 0.1) is 16.8 Å². The highest BCUT2D eigenvalue weighted by Crippen LogP contribution is 2.36. The Kier molecular flexibility index (Phi) is 4.83. The number of rotatable bonds is 3. The van der Waals surface area contributed by atoms with Crippen LogP contribution in [0.2, 0.25) is 0 Å². The van der Waals surface area contributed by atoms with E-state index in [-0.39, 0.29) is 12.7 Å². The lowest BCUT2D eigenvalue weighted by molar-refractivity contribution is 0.0748. The maximum atomic E-state index is 13.7. The van der Waals surface area contributed by atoms with Gasteiger partial charge in [-0.25, -0.2) is 4.98 Å². The predicted molar refractivity (Wildman–Crippen MR) is 128 cm³/mol. The Hall–Kier alpha value is -4.06. The van der Waals surface area contributed by atoms with Crippen molar-refractivity contribution in [2.24, 2.45) is 0 Å². The van der Waals surface area contributed by atoms with E-state index in [0.29, 0.717) is 24.4 Å². The van der Waals surface area contributed by atoms with Crippen LogP contribution in [-0.2, 0) is 0 Å². The number of para-hydroxylation sites is 2. The first kappa shape index (κ1) is 19.6. The van der Waals surface area contributed by atoms with Gasteiger partial charge >= 0.3 is 0 Å². The van der Waals surface area contributed by atoms with E-state index >= 15 is 0 Å². The molecule has 0 saturated carbocycles. The minimum atomic E-state index is 0.0447. The molecule has 1 aromatic heterocycles. The minimum absolute atomic E-state index is 0.0447. The number of carbonyl (C=O) groups excluding carboxylic acids is 1. The number of ether oxygens (including phenoxy) is 2. The van der Waals surface area contributed by atoms with Crippen molar-refractivity contribution in [1.29, 1.82) is 0 Å². The first-order valence-corrected chi connectivity index (χ1v) is 11.2. The van der Waals surface area contributed by atoms with Gasteiger partial charge in [0, 0.05) is 42.8 Å². The molecule has 2 aliphatic heterocycles. The fourth-order valence-electron chi connectivity index (χ4n) is 4.53. The summed E-state index contributed by atoms with van der Waals surface area (Å²) in [7, 11) is 0. The van der Waals surface area contributed by atoms with Crippen molar-refractivity contribution in [3.8, 4) is 22.8 Å². The summed E-state index contributed by atoms with van der Waals surface area (Å²) in [6, 6.07) is 25.9. The second-order valence-electron chi connectivity index (χ2n) is 8.26. The quantitative estimate of drug-likeness (QED) is 0.469. The molecule has 0 aliphatic carbocycles. The third-order valence-electron chi connectivity index (χ3n) is 6.30. The first-order valence-electron chi connectivity index (χ1n) is 11.2. The zero-order valence-corrected chi connectivity index (χ0v) is 18.1. The lowest BCUT2D eigenvalue weighted by Gasteiger charge is -2.36. The summed E-state index contributed by atoms with van der Waals surface area (Å²) >= 11 is 0. The van der Waals surface area contributed by atoms with Gasteiger partial charge < -0.3 is 19.3 Å². The van der Waals surface area contributed by atoms with Crippen LogP contribution in [0.3, 0.4) is 0 Å². The van der Waals surface area contributed by atoms with Gasteiger partial charge in [-0.3, -0.25) is 4.79 Å². The summed E-state index contributed by atoms with van der Waals surface area (Å²) in [5.41, 5.74) is 4.33. The summed E-state index contributed by atoms with van der Waals surface area (Å²) in [6.45, 7) is 3.22. The van der Waals surface area contributed by atoms with E-state index in [0.717, 1.165) is 41.0 Å². The number of anilines is 1. The van der Waals surface area contributed by atoms with Crippen molar-refractivity contribution in [3.05, 3.63) is 84.4 Å². The Bertz CT molecular complexity index is 1330. The van der Waals surface area contributed by atoms with E-state index in [2.05, 4.69) is 17.0 Å². The normalized spacial score (nSPS) is 15.2. The molecule has 0 atom stereocenters. The van der Waals surface area contributed by atoms with E-state index in [4.69, 9.17) is 14.5 Å². The van der Waals surface area contributed by atoms with E-state index in [1.807, 2.05) is 71.6 Å². The maximum Gasteiger partial charge on any atom is 0.254 e. The third kappa shape index (κ3) is 3.63. The second-order valence-corrected chi connectivity index (χ2v) is 8.26. The van der Waals surface area contributed by atoms with E-state index in [9.17, 15) is 4.79 Å². The molecule has 3 aromatic carbocycles. The topological polar surface area (TPSA) is 54.9 Å². The third-order valence-corrected chi connectivity index (χ3v) is 6.30. The lowest BCUT2D eigenvalue weighted by atomic mass is 10.0. The van der Waals surface area contributed by atoms with Crippen LogP contribution in [0, 0.1) is 0 Å². The predicted octanol–water partition coefficient (Wildman–Crippen LogP) is 4.59. The van der Waals surface area contributed by atoms with Crippen molar-refractivity contribution >= 4 is 22.5 Å². The Morgan fingerprint density at radius 3 is 2.39 bits per heavy atom. The van der Waals surface area contributed by atoms with Crippen molar-refractivity contribution in [1.82, 2.24) is 9.88 Å². The zero-order valence-electron chi connectivity index (χ0n) is 18.1. The van der Waals surface area contributed by atoms with Crippen LogP contribution in [0.5, 0.6) is 11.5 Å². The summed E-state index contributed by atoms with van der Waals surface area (Å²) < 4.78 is 11.0. The number of pyridine rings is 1. The molecule has 0 radical (unpaired) electrons. The second kappa shape index (κ2) is 8.13. The summed E-state index contributed by atoms with van der Waals surface area (Å²) in [4.78, 5) is 22.8. The Morgan fingerprint density at radius 2 is 1.55 bits per heavy atom. The van der Waals surface area contributed by atoms with Crippen molar-refractivity contribution in [2.45, 2.75) is 0 Å². The van der Waals surface area contributed by atoms with Gasteiger partial charge in [-0.15, -0.1) is 0 Å². The fraction of sp³-hybridized carbons (Fsp3) is 0.185. The van der Waals surface area contributed by atoms with E-state index in [1.165, 1.54) is 5.69 Å². The highest BCUT2D eigenvalue weighted by Gasteiger charge is 2.25. The molecule has 0 unspecified atom stereocenters. The molecule has 6 nitrogen and oxygen atoms in total. The van der Waals surface area contributed by atoms with Crippen LogP contribution in [0.15, 0.2) is 78.9 Å². The van der Waals surface area contributed by atoms with Crippen LogP contribution in [-0.4, -0.2) is 48.8 Å². The molecule has 3 heterocycles. The molecule has 33 heavy (non-hydrogen) atoms. The monoisotopic (exact) mass is 437 g/mol. The average molecular weight is 437 g/mol. The average Bonchev–Trinajstić information content (AvgIpc) is 3.36. The molecule has 1 amide bonds. The highest BCUT2D eigenvalue weighted by molar-refractivity contribution is 6.07. The molecular formula is C27H23N3O3. The van der Waals surface area contributed by atoms with Crippen LogP contribution < -0.4 is 14.4 Å². The Labute approximate surface area is 192 Å². The molecule has 2 aliphatic rings. The van der Waals surface area contributed by atoms with Crippen LogP contribution >= 0.6 is 0 Å². The van der Waals surface area contributed by atoms with Gasteiger partial charge in [-0.05, 0) is 42.5 Å². The molecule has 1 saturated heterocycles. The highest BCUT2D eigenvalue weighted by atomic mass is 16.7. The standard InChI is InChI=1S/C27H23N3O3/c31-27(30-14-12-29(13-15-30)20-6-2-1-3-7-20)22-17-24(28-23-9-5-4-8-21(22)23)19-10-11-25-26(16-19)33-18-32-25/h1-11,16-17H,12-15,18H2. The Morgan fingerprint density at radius 1 is 0.788 bits per heavy atom. The van der Waals surface area contributed by atoms with Gasteiger partial charge in [0.1, 0.15) is 0 Å². The van der Waals surface area contributed by atoms with Gasteiger partial charge in [-0.1, -0.05) is 36.4 Å². The van der Waals surface area contributed by atoms with Gasteiger partial charge in [-0.2, -0.15) is 0 Å². The molecule has 0 N–H and O–H groups in total. The summed E-state index contributed by atoms with van der Waals surface area (Å²) in [6.07, 6.45) is 0. The smallest absolute Gasteiger partial charge is 0.254 e. The van der Waals surface area contributed by atoms with Crippen molar-refractivity contribution in [3.63, 3.8) is 0 Å². The number of fused-ring (bicyclic) bond motifs is 2. The van der Waals surface area contributed by atoms with E-state index in [1.54, 1.807) is 0 Å². The number of nitrogens with zero attached hydrogens (tertiary/aromatic N) is 3. The van der Waals surface area contributed by atoms with Crippen molar-refractivity contribution in [2.75, 3.05) is 37.9 Å². The Balaban J connectivity index is 1.32. The SMILES string of the molecule is O=C(c1cc(-c2ccc3c(c2)OCO3)nc2ccccc12)N1CCN(c2ccccc2)CC1. The maximum absolute atomic E-state index is 13.7. The molecule has 4 aromatic rings. The molecule has 164 valence electrons. The van der Waals surface area contributed by atoms with Crippen LogP contribution in [0.4, 0.5) is 5.69 Å². The number of aromatic nitrogens is 1. The lowest BCUT2D eigenvalue weighted by Crippen LogP contribution is -2.48. The summed E-state index contributed by atoms with van der Waals surface area (Å²) in [5, 5.41) is 0.873. The zero-order chi connectivity index (χ0) is 22.2. The largest absolute Gasteiger partial charge is 0.454 e. The number of hydrogen-bond acceptors (Lipinski definition) is 5. The molecule has 0 bridgehead atoms.